The lowest BCUT2D eigenvalue weighted by atomic mass is 10.4. The molecule has 6 nitrogen and oxygen atoms in total. The van der Waals surface area contributed by atoms with Crippen molar-refractivity contribution in [1.82, 2.24) is 10.0 Å². The molecule has 0 spiro atoms. The second kappa shape index (κ2) is 5.83. The Bertz CT molecular complexity index is 479. The van der Waals surface area contributed by atoms with Gasteiger partial charge in [-0.25, -0.2) is 13.1 Å². The number of nitrogens with one attached hydrogen (secondary N) is 2. The quantitative estimate of drug-likeness (QED) is 0.673. The third-order valence-corrected chi connectivity index (χ3v) is 3.98. The van der Waals surface area contributed by atoms with E-state index in [1.807, 2.05) is 0 Å². The summed E-state index contributed by atoms with van der Waals surface area (Å²) in [5, 5.41) is 3.07. The van der Waals surface area contributed by atoms with Gasteiger partial charge in [0.05, 0.1) is 13.2 Å². The monoisotopic (exact) mass is 274 g/mol. The highest BCUT2D eigenvalue weighted by atomic mass is 32.2. The zero-order chi connectivity index (χ0) is 13.0. The average molecular weight is 274 g/mol. The third kappa shape index (κ3) is 3.81. The Morgan fingerprint density at radius 2 is 2.22 bits per heavy atom. The first-order valence-corrected chi connectivity index (χ1v) is 7.41. The van der Waals surface area contributed by atoms with Crippen LogP contribution in [0.3, 0.4) is 0 Å². The third-order valence-electron chi connectivity index (χ3n) is 2.58. The van der Waals surface area contributed by atoms with Gasteiger partial charge >= 0.3 is 0 Å². The lowest BCUT2D eigenvalue weighted by molar-refractivity contribution is 0.198. The molecule has 0 amide bonds. The lowest BCUT2D eigenvalue weighted by Gasteiger charge is -2.02. The Kier molecular flexibility index (Phi) is 4.39. The summed E-state index contributed by atoms with van der Waals surface area (Å²) in [5.41, 5.74) is 0. The molecule has 0 saturated heterocycles. The summed E-state index contributed by atoms with van der Waals surface area (Å²) in [6.07, 6.45) is 1.82. The molecule has 2 N–H and O–H groups in total. The standard InChI is InChI=1S/C11H18N2O4S/c1-16-7-6-12-8-10-4-5-11(17-10)18(14,15)13-9-2-3-9/h4-5,9,12-13H,2-3,6-8H2,1H3. The molecule has 0 bridgehead atoms. The number of furan rings is 1. The van der Waals surface area contributed by atoms with E-state index in [-0.39, 0.29) is 11.1 Å². The van der Waals surface area contributed by atoms with Crippen molar-refractivity contribution in [3.05, 3.63) is 17.9 Å². The number of ether oxygens (including phenoxy) is 1. The van der Waals surface area contributed by atoms with Crippen molar-refractivity contribution >= 4 is 10.0 Å². The summed E-state index contributed by atoms with van der Waals surface area (Å²) in [5.74, 6) is 0.599. The van der Waals surface area contributed by atoms with Gasteiger partial charge in [0.2, 0.25) is 5.09 Å². The molecule has 1 aromatic rings. The van der Waals surface area contributed by atoms with Crippen LogP contribution in [0.2, 0.25) is 0 Å². The number of sulfonamides is 1. The van der Waals surface area contributed by atoms with E-state index in [4.69, 9.17) is 9.15 Å². The fourth-order valence-corrected chi connectivity index (χ4v) is 2.72. The van der Waals surface area contributed by atoms with Crippen molar-refractivity contribution < 1.29 is 17.6 Å². The van der Waals surface area contributed by atoms with E-state index in [1.165, 1.54) is 6.07 Å². The second-order valence-electron chi connectivity index (χ2n) is 4.29. The molecule has 0 aromatic carbocycles. The first-order chi connectivity index (χ1) is 8.62. The summed E-state index contributed by atoms with van der Waals surface area (Å²) in [7, 11) is -1.85. The van der Waals surface area contributed by atoms with E-state index >= 15 is 0 Å². The van der Waals surface area contributed by atoms with Gasteiger partial charge in [-0.3, -0.25) is 0 Å². The van der Waals surface area contributed by atoms with Crippen LogP contribution in [-0.2, 0) is 21.3 Å². The van der Waals surface area contributed by atoms with Crippen molar-refractivity contribution in [1.29, 1.82) is 0 Å². The van der Waals surface area contributed by atoms with E-state index in [9.17, 15) is 8.42 Å². The molecule has 1 saturated carbocycles. The number of hydrogen-bond acceptors (Lipinski definition) is 5. The molecule has 1 aromatic heterocycles. The highest BCUT2D eigenvalue weighted by molar-refractivity contribution is 7.89. The molecule has 1 aliphatic rings. The topological polar surface area (TPSA) is 80.6 Å². The van der Waals surface area contributed by atoms with Crippen LogP contribution < -0.4 is 10.0 Å². The number of rotatable bonds is 8. The van der Waals surface area contributed by atoms with Crippen LogP contribution in [0, 0.1) is 0 Å². The summed E-state index contributed by atoms with van der Waals surface area (Å²) in [4.78, 5) is 0. The van der Waals surface area contributed by atoms with Gasteiger partial charge in [0, 0.05) is 19.7 Å². The predicted octanol–water partition coefficient (Wildman–Crippen LogP) is 0.456. The van der Waals surface area contributed by atoms with Crippen LogP contribution in [0.25, 0.3) is 0 Å². The maximum atomic E-state index is 11.8. The van der Waals surface area contributed by atoms with Crippen LogP contribution in [0.5, 0.6) is 0 Å². The van der Waals surface area contributed by atoms with Gasteiger partial charge in [-0.2, -0.15) is 0 Å². The Labute approximate surface area is 107 Å². The minimum absolute atomic E-state index is 0.0158. The fraction of sp³-hybridized carbons (Fsp3) is 0.636. The Hall–Kier alpha value is -0.890. The molecule has 0 radical (unpaired) electrons. The molecule has 7 heteroatoms. The molecule has 1 aliphatic carbocycles. The minimum Gasteiger partial charge on any atom is -0.447 e. The van der Waals surface area contributed by atoms with Crippen molar-refractivity contribution in [3.63, 3.8) is 0 Å². The van der Waals surface area contributed by atoms with Crippen LogP contribution in [0.15, 0.2) is 21.6 Å². The Morgan fingerprint density at radius 1 is 1.44 bits per heavy atom. The van der Waals surface area contributed by atoms with Gasteiger partial charge in [0.15, 0.2) is 0 Å². The molecule has 2 rings (SSSR count). The highest BCUT2D eigenvalue weighted by Gasteiger charge is 2.29. The Morgan fingerprint density at radius 3 is 2.89 bits per heavy atom. The molecule has 0 unspecified atom stereocenters. The average Bonchev–Trinajstić information content (AvgIpc) is 2.98. The largest absolute Gasteiger partial charge is 0.447 e. The van der Waals surface area contributed by atoms with E-state index in [0.717, 1.165) is 12.8 Å². The molecular formula is C11H18N2O4S. The van der Waals surface area contributed by atoms with Crippen LogP contribution >= 0.6 is 0 Å². The van der Waals surface area contributed by atoms with Crippen molar-refractivity contribution in [2.24, 2.45) is 0 Å². The Balaban J connectivity index is 1.88. The summed E-state index contributed by atoms with van der Waals surface area (Å²) >= 11 is 0. The first kappa shape index (κ1) is 13.5. The summed E-state index contributed by atoms with van der Waals surface area (Å²) in [6, 6.07) is 3.24. The second-order valence-corrected chi connectivity index (χ2v) is 5.93. The molecule has 1 fully saturated rings. The van der Waals surface area contributed by atoms with Crippen LogP contribution in [0.1, 0.15) is 18.6 Å². The number of methoxy groups -OCH3 is 1. The first-order valence-electron chi connectivity index (χ1n) is 5.92. The summed E-state index contributed by atoms with van der Waals surface area (Å²) in [6.45, 7) is 1.79. The predicted molar refractivity (Wildman–Crippen MR) is 65.6 cm³/mol. The smallest absolute Gasteiger partial charge is 0.274 e. The van der Waals surface area contributed by atoms with Gasteiger partial charge in [-0.1, -0.05) is 0 Å². The van der Waals surface area contributed by atoms with Gasteiger partial charge in [-0.15, -0.1) is 0 Å². The van der Waals surface area contributed by atoms with Gasteiger partial charge in [0.25, 0.3) is 10.0 Å². The maximum Gasteiger partial charge on any atom is 0.274 e. The van der Waals surface area contributed by atoms with Crippen LogP contribution in [0.4, 0.5) is 0 Å². The van der Waals surface area contributed by atoms with Crippen LogP contribution in [-0.4, -0.2) is 34.7 Å². The summed E-state index contributed by atoms with van der Waals surface area (Å²) < 4.78 is 36.4. The maximum absolute atomic E-state index is 11.8. The number of hydrogen-bond donors (Lipinski definition) is 2. The molecule has 102 valence electrons. The fourth-order valence-electron chi connectivity index (χ4n) is 1.46. The molecule has 0 aliphatic heterocycles. The zero-order valence-electron chi connectivity index (χ0n) is 10.3. The van der Waals surface area contributed by atoms with E-state index in [1.54, 1.807) is 13.2 Å². The van der Waals surface area contributed by atoms with Gasteiger partial charge in [-0.05, 0) is 25.0 Å². The zero-order valence-corrected chi connectivity index (χ0v) is 11.1. The molecular weight excluding hydrogens is 256 g/mol. The van der Waals surface area contributed by atoms with E-state index in [0.29, 0.717) is 25.5 Å². The normalized spacial score (nSPS) is 16.1. The molecule has 1 heterocycles. The molecule has 18 heavy (non-hydrogen) atoms. The van der Waals surface area contributed by atoms with E-state index < -0.39 is 10.0 Å². The van der Waals surface area contributed by atoms with Crippen molar-refractivity contribution in [2.75, 3.05) is 20.3 Å². The van der Waals surface area contributed by atoms with Gasteiger partial charge < -0.3 is 14.5 Å². The lowest BCUT2D eigenvalue weighted by Crippen LogP contribution is -2.25. The van der Waals surface area contributed by atoms with Gasteiger partial charge in [0.1, 0.15) is 5.76 Å². The van der Waals surface area contributed by atoms with E-state index in [2.05, 4.69) is 10.0 Å². The van der Waals surface area contributed by atoms with Crippen molar-refractivity contribution in [2.45, 2.75) is 30.5 Å². The van der Waals surface area contributed by atoms with Crippen molar-refractivity contribution in [3.8, 4) is 0 Å². The molecule has 0 atom stereocenters. The minimum atomic E-state index is -3.48. The SMILES string of the molecule is COCCNCc1ccc(S(=O)(=O)NC2CC2)o1. The highest BCUT2D eigenvalue weighted by Crippen LogP contribution is 2.22.